The van der Waals surface area contributed by atoms with Crippen LogP contribution in [0.5, 0.6) is 5.75 Å². The number of benzene rings is 2. The van der Waals surface area contributed by atoms with Gasteiger partial charge in [-0.05, 0) is 30.2 Å². The Labute approximate surface area is 145 Å². The maximum absolute atomic E-state index is 6.43. The van der Waals surface area contributed by atoms with Crippen molar-refractivity contribution in [2.24, 2.45) is 0 Å². The third kappa shape index (κ3) is 2.50. The van der Waals surface area contributed by atoms with Crippen LogP contribution in [0.3, 0.4) is 0 Å². The van der Waals surface area contributed by atoms with E-state index in [2.05, 4.69) is 5.10 Å². The number of fused-ring (bicyclic) bond motifs is 1. The summed E-state index contributed by atoms with van der Waals surface area (Å²) < 4.78 is 6.92. The molecule has 124 valence electrons. The van der Waals surface area contributed by atoms with Crippen molar-refractivity contribution >= 4 is 11.5 Å². The quantitative estimate of drug-likeness (QED) is 0.617. The third-order valence-electron chi connectivity index (χ3n) is 4.33. The molecule has 25 heavy (non-hydrogen) atoms. The van der Waals surface area contributed by atoms with Crippen molar-refractivity contribution in [3.63, 3.8) is 0 Å². The Hall–Kier alpha value is -3.34. The Balaban J connectivity index is 1.90. The Morgan fingerprint density at radius 1 is 0.960 bits per heavy atom. The van der Waals surface area contributed by atoms with Crippen LogP contribution in [0, 0.1) is 6.92 Å². The van der Waals surface area contributed by atoms with Gasteiger partial charge in [0.2, 0.25) is 0 Å². The van der Waals surface area contributed by atoms with Gasteiger partial charge in [0.15, 0.2) is 5.65 Å². The lowest BCUT2D eigenvalue weighted by molar-refractivity contribution is 0.415. The van der Waals surface area contributed by atoms with Crippen LogP contribution in [0.4, 0.5) is 5.82 Å². The zero-order valence-electron chi connectivity index (χ0n) is 14.1. The number of hydrogen-bond acceptors (Lipinski definition) is 4. The Morgan fingerprint density at radius 3 is 2.36 bits per heavy atom. The summed E-state index contributed by atoms with van der Waals surface area (Å²) in [6.07, 6.45) is 1.80. The highest BCUT2D eigenvalue weighted by Crippen LogP contribution is 2.32. The van der Waals surface area contributed by atoms with E-state index in [0.717, 1.165) is 39.3 Å². The fourth-order valence-corrected chi connectivity index (χ4v) is 3.07. The SMILES string of the molecule is COc1ccc(-c2cnn3c(N)c(-c4ccccc4)c(C)nc23)cc1. The number of rotatable bonds is 3. The molecule has 0 atom stereocenters. The molecule has 0 amide bonds. The molecule has 2 aromatic carbocycles. The Morgan fingerprint density at radius 2 is 1.68 bits per heavy atom. The van der Waals surface area contributed by atoms with Gasteiger partial charge in [0, 0.05) is 11.1 Å². The second-order valence-electron chi connectivity index (χ2n) is 5.85. The zero-order valence-corrected chi connectivity index (χ0v) is 14.1. The number of anilines is 1. The summed E-state index contributed by atoms with van der Waals surface area (Å²) in [7, 11) is 1.65. The Kier molecular flexibility index (Phi) is 3.61. The van der Waals surface area contributed by atoms with Gasteiger partial charge in [-0.15, -0.1) is 0 Å². The molecule has 5 heteroatoms. The van der Waals surface area contributed by atoms with Crippen LogP contribution < -0.4 is 10.5 Å². The van der Waals surface area contributed by atoms with Gasteiger partial charge in [-0.2, -0.15) is 9.61 Å². The molecule has 0 spiro atoms. The first-order valence-corrected chi connectivity index (χ1v) is 8.02. The summed E-state index contributed by atoms with van der Waals surface area (Å²) >= 11 is 0. The normalized spacial score (nSPS) is 11.0. The molecule has 0 unspecified atom stereocenters. The molecule has 4 aromatic rings. The third-order valence-corrected chi connectivity index (χ3v) is 4.33. The van der Waals surface area contributed by atoms with Gasteiger partial charge in [-0.25, -0.2) is 4.98 Å². The lowest BCUT2D eigenvalue weighted by Crippen LogP contribution is -2.05. The minimum Gasteiger partial charge on any atom is -0.497 e. The first-order chi connectivity index (χ1) is 12.2. The van der Waals surface area contributed by atoms with Crippen molar-refractivity contribution in [3.8, 4) is 28.0 Å². The lowest BCUT2D eigenvalue weighted by Gasteiger charge is -2.11. The van der Waals surface area contributed by atoms with Gasteiger partial charge in [0.05, 0.1) is 19.0 Å². The average Bonchev–Trinajstić information content (AvgIpc) is 3.07. The summed E-state index contributed by atoms with van der Waals surface area (Å²) in [5.41, 5.74) is 12.0. The fraction of sp³-hybridized carbons (Fsp3) is 0.100. The van der Waals surface area contributed by atoms with Gasteiger partial charge in [-0.3, -0.25) is 0 Å². The van der Waals surface area contributed by atoms with Crippen molar-refractivity contribution in [2.45, 2.75) is 6.92 Å². The van der Waals surface area contributed by atoms with Gasteiger partial charge >= 0.3 is 0 Å². The fourth-order valence-electron chi connectivity index (χ4n) is 3.07. The van der Waals surface area contributed by atoms with E-state index in [9.17, 15) is 0 Å². The molecular formula is C20H18N4O. The summed E-state index contributed by atoms with van der Waals surface area (Å²) in [5.74, 6) is 1.41. The van der Waals surface area contributed by atoms with Crippen molar-refractivity contribution < 1.29 is 4.74 Å². The van der Waals surface area contributed by atoms with E-state index in [-0.39, 0.29) is 0 Å². The smallest absolute Gasteiger partial charge is 0.165 e. The minimum atomic E-state index is 0.591. The van der Waals surface area contributed by atoms with Crippen LogP contribution in [0.2, 0.25) is 0 Å². The van der Waals surface area contributed by atoms with Crippen molar-refractivity contribution in [2.75, 3.05) is 12.8 Å². The van der Waals surface area contributed by atoms with Gasteiger partial charge in [0.25, 0.3) is 0 Å². The number of ether oxygens (including phenoxy) is 1. The van der Waals surface area contributed by atoms with Gasteiger partial charge in [0.1, 0.15) is 11.6 Å². The maximum Gasteiger partial charge on any atom is 0.165 e. The molecule has 0 radical (unpaired) electrons. The number of aromatic nitrogens is 3. The first-order valence-electron chi connectivity index (χ1n) is 8.02. The van der Waals surface area contributed by atoms with Crippen LogP contribution >= 0.6 is 0 Å². The van der Waals surface area contributed by atoms with Crippen molar-refractivity contribution in [1.82, 2.24) is 14.6 Å². The average molecular weight is 330 g/mol. The van der Waals surface area contributed by atoms with E-state index in [1.54, 1.807) is 17.8 Å². The molecule has 0 aliphatic heterocycles. The predicted octanol–water partition coefficient (Wildman–Crippen LogP) is 3.96. The highest BCUT2D eigenvalue weighted by Gasteiger charge is 2.16. The van der Waals surface area contributed by atoms with E-state index in [0.29, 0.717) is 5.82 Å². The monoisotopic (exact) mass is 330 g/mol. The van der Waals surface area contributed by atoms with Crippen molar-refractivity contribution in [1.29, 1.82) is 0 Å². The number of methoxy groups -OCH3 is 1. The van der Waals surface area contributed by atoms with Crippen LogP contribution in [0.15, 0.2) is 60.8 Å². The molecule has 0 fully saturated rings. The van der Waals surface area contributed by atoms with Crippen LogP contribution in [0.25, 0.3) is 27.9 Å². The van der Waals surface area contributed by atoms with Crippen molar-refractivity contribution in [3.05, 3.63) is 66.5 Å². The van der Waals surface area contributed by atoms with Gasteiger partial charge < -0.3 is 10.5 Å². The molecule has 0 bridgehead atoms. The van der Waals surface area contributed by atoms with E-state index in [1.165, 1.54) is 0 Å². The number of nitrogens with zero attached hydrogens (tertiary/aromatic N) is 3. The highest BCUT2D eigenvalue weighted by atomic mass is 16.5. The molecule has 4 rings (SSSR count). The molecule has 0 aliphatic carbocycles. The summed E-state index contributed by atoms with van der Waals surface area (Å²) in [6.45, 7) is 1.98. The lowest BCUT2D eigenvalue weighted by atomic mass is 10.0. The minimum absolute atomic E-state index is 0.591. The summed E-state index contributed by atoms with van der Waals surface area (Å²) in [6, 6.07) is 17.9. The second-order valence-corrected chi connectivity index (χ2v) is 5.85. The largest absolute Gasteiger partial charge is 0.497 e. The first kappa shape index (κ1) is 15.2. The van der Waals surface area contributed by atoms with E-state index < -0.39 is 0 Å². The molecule has 2 aromatic heterocycles. The van der Waals surface area contributed by atoms with Crippen LogP contribution in [-0.2, 0) is 0 Å². The number of aryl methyl sites for hydroxylation is 1. The molecule has 5 nitrogen and oxygen atoms in total. The van der Waals surface area contributed by atoms with Gasteiger partial charge in [-0.1, -0.05) is 42.5 Å². The number of hydrogen-bond donors (Lipinski definition) is 1. The zero-order chi connectivity index (χ0) is 17.4. The standard InChI is InChI=1S/C20H18N4O/c1-13-18(15-6-4-3-5-7-15)19(21)24-20(23-13)17(12-22-24)14-8-10-16(25-2)11-9-14/h3-12H,21H2,1-2H3. The molecule has 2 N–H and O–H groups in total. The predicted molar refractivity (Wildman–Crippen MR) is 99.6 cm³/mol. The number of nitrogens with two attached hydrogens (primary N) is 1. The van der Waals surface area contributed by atoms with Crippen LogP contribution in [-0.4, -0.2) is 21.7 Å². The van der Waals surface area contributed by atoms with E-state index in [4.69, 9.17) is 15.5 Å². The van der Waals surface area contributed by atoms with E-state index in [1.807, 2.05) is 61.5 Å². The maximum atomic E-state index is 6.43. The molecule has 2 heterocycles. The summed E-state index contributed by atoms with van der Waals surface area (Å²) in [4.78, 5) is 4.78. The topological polar surface area (TPSA) is 65.4 Å². The van der Waals surface area contributed by atoms with Crippen LogP contribution in [0.1, 0.15) is 5.69 Å². The summed E-state index contributed by atoms with van der Waals surface area (Å²) in [5, 5.41) is 4.46. The molecule has 0 saturated heterocycles. The molecular weight excluding hydrogens is 312 g/mol. The highest BCUT2D eigenvalue weighted by molar-refractivity contribution is 5.83. The molecule has 0 saturated carbocycles. The Bertz CT molecular complexity index is 1040. The molecule has 0 aliphatic rings. The number of nitrogen functional groups attached to an aromatic ring is 1. The second kappa shape index (κ2) is 5.94. The van der Waals surface area contributed by atoms with E-state index >= 15 is 0 Å².